The van der Waals surface area contributed by atoms with Gasteiger partial charge in [0.05, 0.1) is 4.92 Å². The number of aromatic nitrogens is 2. The van der Waals surface area contributed by atoms with Crippen molar-refractivity contribution in [3.05, 3.63) is 87.7 Å². The quantitative estimate of drug-likeness (QED) is 0.471. The van der Waals surface area contributed by atoms with Crippen LogP contribution >= 0.6 is 0 Å². The first-order valence-electron chi connectivity index (χ1n) is 10.4. The molecule has 1 aliphatic rings. The van der Waals surface area contributed by atoms with Crippen LogP contribution in [0.3, 0.4) is 0 Å². The minimum Gasteiger partial charge on any atom is -0.354 e. The van der Waals surface area contributed by atoms with Crippen molar-refractivity contribution in [3.63, 3.8) is 0 Å². The number of benzene rings is 2. The van der Waals surface area contributed by atoms with Crippen molar-refractivity contribution in [2.24, 2.45) is 0 Å². The Balaban J connectivity index is 1.37. The number of rotatable bonds is 6. The highest BCUT2D eigenvalue weighted by Crippen LogP contribution is 2.21. The van der Waals surface area contributed by atoms with E-state index in [1.807, 2.05) is 6.07 Å². The van der Waals surface area contributed by atoms with Crippen molar-refractivity contribution in [2.45, 2.75) is 13.5 Å². The number of piperazine rings is 1. The first kappa shape index (κ1) is 21.4. The monoisotopic (exact) mass is 432 g/mol. The molecule has 0 saturated carbocycles. The third-order valence-electron chi connectivity index (χ3n) is 5.50. The fraction of sp³-hybridized carbons (Fsp3) is 0.261. The Morgan fingerprint density at radius 3 is 2.50 bits per heavy atom. The van der Waals surface area contributed by atoms with Crippen LogP contribution in [0.5, 0.6) is 0 Å². The average molecular weight is 432 g/mol. The Kier molecular flexibility index (Phi) is 6.37. The second kappa shape index (κ2) is 9.52. The van der Waals surface area contributed by atoms with Crippen LogP contribution in [0.1, 0.15) is 21.5 Å². The van der Waals surface area contributed by atoms with Gasteiger partial charge in [-0.25, -0.2) is 9.97 Å². The Morgan fingerprint density at radius 1 is 1.06 bits per heavy atom. The molecule has 2 aromatic carbocycles. The van der Waals surface area contributed by atoms with Gasteiger partial charge in [-0.1, -0.05) is 30.3 Å². The van der Waals surface area contributed by atoms with Gasteiger partial charge >= 0.3 is 0 Å². The molecule has 0 atom stereocenters. The second-order valence-corrected chi connectivity index (χ2v) is 7.72. The summed E-state index contributed by atoms with van der Waals surface area (Å²) >= 11 is 0. The number of hydrogen-bond acceptors (Lipinski definition) is 7. The van der Waals surface area contributed by atoms with E-state index in [9.17, 15) is 14.9 Å². The first-order chi connectivity index (χ1) is 15.5. The van der Waals surface area contributed by atoms with Gasteiger partial charge in [0, 0.05) is 56.0 Å². The molecule has 3 aromatic rings. The van der Waals surface area contributed by atoms with Crippen molar-refractivity contribution >= 4 is 23.2 Å². The summed E-state index contributed by atoms with van der Waals surface area (Å²) in [6.45, 7) is 6.03. The maximum atomic E-state index is 12.6. The summed E-state index contributed by atoms with van der Waals surface area (Å²) in [5, 5.41) is 13.7. The van der Waals surface area contributed by atoms with Gasteiger partial charge in [-0.15, -0.1) is 0 Å². The topological polar surface area (TPSA) is 104 Å². The van der Waals surface area contributed by atoms with Crippen LogP contribution in [-0.2, 0) is 6.54 Å². The fourth-order valence-electron chi connectivity index (χ4n) is 3.76. The van der Waals surface area contributed by atoms with E-state index < -0.39 is 4.92 Å². The van der Waals surface area contributed by atoms with E-state index >= 15 is 0 Å². The van der Waals surface area contributed by atoms with Crippen LogP contribution in [0, 0.1) is 17.0 Å². The van der Waals surface area contributed by atoms with Gasteiger partial charge in [0.25, 0.3) is 11.6 Å². The lowest BCUT2D eigenvalue weighted by Gasteiger charge is -2.35. The van der Waals surface area contributed by atoms with Crippen LogP contribution in [0.25, 0.3) is 0 Å². The molecule has 0 spiro atoms. The third-order valence-corrected chi connectivity index (χ3v) is 5.50. The zero-order valence-electron chi connectivity index (χ0n) is 17.8. The van der Waals surface area contributed by atoms with Gasteiger partial charge in [-0.3, -0.25) is 19.8 Å². The van der Waals surface area contributed by atoms with Crippen LogP contribution in [0.2, 0.25) is 0 Å². The zero-order valence-corrected chi connectivity index (χ0v) is 17.8. The highest BCUT2D eigenvalue weighted by molar-refractivity contribution is 6.04. The molecule has 2 heterocycles. The largest absolute Gasteiger partial charge is 0.354 e. The molecule has 1 aliphatic heterocycles. The van der Waals surface area contributed by atoms with Crippen LogP contribution in [0.15, 0.2) is 60.9 Å². The second-order valence-electron chi connectivity index (χ2n) is 7.72. The molecular formula is C23H24N6O3. The van der Waals surface area contributed by atoms with Crippen molar-refractivity contribution in [1.82, 2.24) is 14.9 Å². The number of nitrogens with one attached hydrogen (secondary N) is 1. The maximum Gasteiger partial charge on any atom is 0.272 e. The Labute approximate surface area is 185 Å². The lowest BCUT2D eigenvalue weighted by molar-refractivity contribution is -0.385. The van der Waals surface area contributed by atoms with E-state index in [4.69, 9.17) is 0 Å². The van der Waals surface area contributed by atoms with Crippen LogP contribution < -0.4 is 10.2 Å². The number of hydrogen-bond donors (Lipinski definition) is 1. The molecule has 0 aliphatic carbocycles. The number of aryl methyl sites for hydroxylation is 1. The smallest absolute Gasteiger partial charge is 0.272 e. The number of nitro benzene ring substituents is 1. The van der Waals surface area contributed by atoms with E-state index in [0.717, 1.165) is 38.5 Å². The summed E-state index contributed by atoms with van der Waals surface area (Å²) in [7, 11) is 0. The van der Waals surface area contributed by atoms with Gasteiger partial charge in [0.1, 0.15) is 18.0 Å². The highest BCUT2D eigenvalue weighted by Gasteiger charge is 2.19. The molecule has 164 valence electrons. The SMILES string of the molecule is Cc1cc(C(=O)Nc2cc(N3CCN(Cc4ccccc4)CC3)ncn2)ccc1[N+](=O)[O-]. The predicted octanol–water partition coefficient (Wildman–Crippen LogP) is 3.27. The molecule has 1 amide bonds. The Hall–Kier alpha value is -3.85. The molecule has 1 N–H and O–H groups in total. The number of anilines is 2. The number of nitro groups is 1. The van der Waals surface area contributed by atoms with Crippen LogP contribution in [-0.4, -0.2) is 51.9 Å². The van der Waals surface area contributed by atoms with Crippen molar-refractivity contribution in [3.8, 4) is 0 Å². The standard InChI is InChI=1S/C23H24N6O3/c1-17-13-19(7-8-20(17)29(31)32)23(30)26-21-14-22(25-16-24-21)28-11-9-27(10-12-28)15-18-5-3-2-4-6-18/h2-8,13-14,16H,9-12,15H2,1H3,(H,24,25,26,30). The average Bonchev–Trinajstić information content (AvgIpc) is 2.80. The molecule has 9 nitrogen and oxygen atoms in total. The summed E-state index contributed by atoms with van der Waals surface area (Å²) in [5.41, 5.74) is 2.05. The summed E-state index contributed by atoms with van der Waals surface area (Å²) in [5.74, 6) is 0.776. The molecule has 0 bridgehead atoms. The molecular weight excluding hydrogens is 408 g/mol. The molecule has 32 heavy (non-hydrogen) atoms. The summed E-state index contributed by atoms with van der Waals surface area (Å²) < 4.78 is 0. The first-order valence-corrected chi connectivity index (χ1v) is 10.4. The lowest BCUT2D eigenvalue weighted by Crippen LogP contribution is -2.46. The molecule has 1 fully saturated rings. The van der Waals surface area contributed by atoms with E-state index in [2.05, 4.69) is 49.4 Å². The normalized spacial score (nSPS) is 14.2. The molecule has 9 heteroatoms. The Bertz CT molecular complexity index is 1110. The third kappa shape index (κ3) is 5.06. The van der Waals surface area contributed by atoms with Crippen molar-refractivity contribution < 1.29 is 9.72 Å². The maximum absolute atomic E-state index is 12.6. The predicted molar refractivity (Wildman–Crippen MR) is 122 cm³/mol. The number of amides is 1. The minimum absolute atomic E-state index is 0.0164. The molecule has 1 aromatic heterocycles. The summed E-state index contributed by atoms with van der Waals surface area (Å²) in [6, 6.07) is 16.4. The van der Waals surface area contributed by atoms with Crippen LogP contribution in [0.4, 0.5) is 17.3 Å². The molecule has 4 rings (SSSR count). The van der Waals surface area contributed by atoms with Crippen molar-refractivity contribution in [1.29, 1.82) is 0 Å². The highest BCUT2D eigenvalue weighted by atomic mass is 16.6. The zero-order chi connectivity index (χ0) is 22.5. The van der Waals surface area contributed by atoms with E-state index in [0.29, 0.717) is 16.9 Å². The van der Waals surface area contributed by atoms with Gasteiger partial charge in [0.2, 0.25) is 0 Å². The van der Waals surface area contributed by atoms with E-state index in [-0.39, 0.29) is 11.6 Å². The summed E-state index contributed by atoms with van der Waals surface area (Å²) in [4.78, 5) is 36.2. The van der Waals surface area contributed by atoms with Gasteiger partial charge in [-0.2, -0.15) is 0 Å². The molecule has 0 radical (unpaired) electrons. The Morgan fingerprint density at radius 2 is 1.81 bits per heavy atom. The van der Waals surface area contributed by atoms with E-state index in [1.165, 1.54) is 30.1 Å². The van der Waals surface area contributed by atoms with Crippen molar-refractivity contribution in [2.75, 3.05) is 36.4 Å². The van der Waals surface area contributed by atoms with E-state index in [1.54, 1.807) is 13.0 Å². The van der Waals surface area contributed by atoms with Gasteiger partial charge in [-0.05, 0) is 24.6 Å². The number of nitrogens with zero attached hydrogens (tertiary/aromatic N) is 5. The number of carbonyl (C=O) groups excluding carboxylic acids is 1. The summed E-state index contributed by atoms with van der Waals surface area (Å²) in [6.07, 6.45) is 1.43. The molecule has 1 saturated heterocycles. The van der Waals surface area contributed by atoms with Gasteiger partial charge in [0.15, 0.2) is 0 Å². The molecule has 0 unspecified atom stereocenters. The lowest BCUT2D eigenvalue weighted by atomic mass is 10.1. The fourth-order valence-corrected chi connectivity index (χ4v) is 3.76. The number of carbonyl (C=O) groups is 1. The minimum atomic E-state index is -0.465. The van der Waals surface area contributed by atoms with Gasteiger partial charge < -0.3 is 10.2 Å².